The van der Waals surface area contributed by atoms with Crippen molar-refractivity contribution >= 4 is 11.6 Å². The number of benzene rings is 1. The summed E-state index contributed by atoms with van der Waals surface area (Å²) in [6, 6.07) is 9.19. The maximum absolute atomic E-state index is 6.02. The Kier molecular flexibility index (Phi) is 7.54. The van der Waals surface area contributed by atoms with Gasteiger partial charge in [0.15, 0.2) is 5.96 Å². The third kappa shape index (κ3) is 5.54. The number of nitrogens with two attached hydrogens (primary N) is 1. The Labute approximate surface area is 154 Å². The zero-order chi connectivity index (χ0) is 18.8. The van der Waals surface area contributed by atoms with Gasteiger partial charge in [-0.15, -0.1) is 0 Å². The fourth-order valence-electron chi connectivity index (χ4n) is 2.25. The van der Waals surface area contributed by atoms with Crippen LogP contribution in [0.1, 0.15) is 25.3 Å². The first-order chi connectivity index (χ1) is 12.7. The molecule has 1 heterocycles. The van der Waals surface area contributed by atoms with Gasteiger partial charge < -0.3 is 25.3 Å². The van der Waals surface area contributed by atoms with E-state index in [1.165, 1.54) is 0 Å². The van der Waals surface area contributed by atoms with Gasteiger partial charge in [0.25, 0.3) is 0 Å². The molecular weight excluding hydrogens is 332 g/mol. The number of hydrogen-bond acceptors (Lipinski definition) is 5. The number of ether oxygens (including phenoxy) is 3. The molecule has 0 bridgehead atoms. The van der Waals surface area contributed by atoms with Gasteiger partial charge in [0.05, 0.1) is 33.1 Å². The molecule has 26 heavy (non-hydrogen) atoms. The molecule has 1 aromatic heterocycles. The van der Waals surface area contributed by atoms with Crippen molar-refractivity contribution in [1.29, 1.82) is 0 Å². The summed E-state index contributed by atoms with van der Waals surface area (Å²) in [6.07, 6.45) is 3.76. The smallest absolute Gasteiger partial charge is 0.218 e. The van der Waals surface area contributed by atoms with E-state index in [4.69, 9.17) is 19.9 Å². The molecular formula is C19H26N4O3. The number of rotatable bonds is 9. The van der Waals surface area contributed by atoms with Crippen LogP contribution in [0.4, 0.5) is 5.69 Å². The van der Waals surface area contributed by atoms with Crippen LogP contribution in [-0.4, -0.2) is 31.8 Å². The predicted octanol–water partition coefficient (Wildman–Crippen LogP) is 3.20. The summed E-state index contributed by atoms with van der Waals surface area (Å²) < 4.78 is 16.3. The van der Waals surface area contributed by atoms with Crippen LogP contribution < -0.4 is 25.3 Å². The van der Waals surface area contributed by atoms with E-state index in [0.717, 1.165) is 18.4 Å². The van der Waals surface area contributed by atoms with Crippen molar-refractivity contribution in [2.75, 3.05) is 26.1 Å². The van der Waals surface area contributed by atoms with E-state index in [2.05, 4.69) is 22.2 Å². The number of methoxy groups -OCH3 is 2. The summed E-state index contributed by atoms with van der Waals surface area (Å²) in [5, 5.41) is 3.04. The number of aliphatic imine (C=N–C) groups is 1. The van der Waals surface area contributed by atoms with Gasteiger partial charge in [0, 0.05) is 17.8 Å². The number of nitrogens with one attached hydrogen (secondary N) is 1. The fourth-order valence-corrected chi connectivity index (χ4v) is 2.25. The second-order valence-corrected chi connectivity index (χ2v) is 5.56. The van der Waals surface area contributed by atoms with Crippen molar-refractivity contribution in [3.8, 4) is 17.4 Å². The maximum Gasteiger partial charge on any atom is 0.218 e. The lowest BCUT2D eigenvalue weighted by molar-refractivity contribution is 0.294. The molecule has 1 aromatic carbocycles. The quantitative estimate of drug-likeness (QED) is 0.406. The molecule has 0 saturated carbocycles. The van der Waals surface area contributed by atoms with E-state index in [1.54, 1.807) is 32.5 Å². The van der Waals surface area contributed by atoms with Crippen LogP contribution in [0.5, 0.6) is 17.4 Å². The standard InChI is InChI=1S/C19H26N4O3/c1-4-5-11-26-18-14(7-6-10-21-18)13-22-19(20)23-16-12-15(24-2)8-9-17(16)25-3/h6-10,12H,4-5,11,13H2,1-3H3,(H3,20,22,23). The van der Waals surface area contributed by atoms with Gasteiger partial charge in [-0.05, 0) is 24.6 Å². The highest BCUT2D eigenvalue weighted by Gasteiger charge is 2.07. The maximum atomic E-state index is 6.02. The molecule has 0 aliphatic carbocycles. The Hall–Kier alpha value is -2.96. The van der Waals surface area contributed by atoms with E-state index in [0.29, 0.717) is 36.2 Å². The molecule has 0 radical (unpaired) electrons. The van der Waals surface area contributed by atoms with Crippen LogP contribution in [0.2, 0.25) is 0 Å². The van der Waals surface area contributed by atoms with E-state index in [9.17, 15) is 0 Å². The third-order valence-electron chi connectivity index (χ3n) is 3.68. The van der Waals surface area contributed by atoms with Crippen LogP contribution in [0.15, 0.2) is 41.5 Å². The van der Waals surface area contributed by atoms with Gasteiger partial charge in [-0.1, -0.05) is 19.4 Å². The Morgan fingerprint density at radius 1 is 1.23 bits per heavy atom. The third-order valence-corrected chi connectivity index (χ3v) is 3.68. The molecule has 2 rings (SSSR count). The first-order valence-corrected chi connectivity index (χ1v) is 8.53. The van der Waals surface area contributed by atoms with Gasteiger partial charge in [0.2, 0.25) is 5.88 Å². The predicted molar refractivity (Wildman–Crippen MR) is 103 cm³/mol. The highest BCUT2D eigenvalue weighted by molar-refractivity contribution is 5.94. The molecule has 140 valence electrons. The summed E-state index contributed by atoms with van der Waals surface area (Å²) in [5.41, 5.74) is 7.58. The van der Waals surface area contributed by atoms with E-state index < -0.39 is 0 Å². The second kappa shape index (κ2) is 10.1. The molecule has 0 saturated heterocycles. The number of guanidine groups is 1. The van der Waals surface area contributed by atoms with Crippen molar-refractivity contribution in [3.05, 3.63) is 42.1 Å². The average molecular weight is 358 g/mol. The Morgan fingerprint density at radius 2 is 2.08 bits per heavy atom. The fraction of sp³-hybridized carbons (Fsp3) is 0.368. The second-order valence-electron chi connectivity index (χ2n) is 5.56. The largest absolute Gasteiger partial charge is 0.497 e. The molecule has 0 spiro atoms. The molecule has 0 unspecified atom stereocenters. The van der Waals surface area contributed by atoms with Crippen LogP contribution in [0.25, 0.3) is 0 Å². The summed E-state index contributed by atoms with van der Waals surface area (Å²) in [6.45, 7) is 3.12. The molecule has 0 amide bonds. The first kappa shape index (κ1) is 19.4. The minimum absolute atomic E-state index is 0.264. The lowest BCUT2D eigenvalue weighted by Crippen LogP contribution is -2.23. The Bertz CT molecular complexity index is 734. The van der Waals surface area contributed by atoms with Crippen LogP contribution in [-0.2, 0) is 6.54 Å². The van der Waals surface area contributed by atoms with E-state index in [1.807, 2.05) is 18.2 Å². The number of pyridine rings is 1. The lowest BCUT2D eigenvalue weighted by atomic mass is 10.2. The summed E-state index contributed by atoms with van der Waals surface area (Å²) in [5.74, 6) is 2.20. The van der Waals surface area contributed by atoms with Crippen molar-refractivity contribution in [2.24, 2.45) is 10.7 Å². The van der Waals surface area contributed by atoms with Gasteiger partial charge in [-0.2, -0.15) is 0 Å². The Morgan fingerprint density at radius 3 is 2.81 bits per heavy atom. The minimum atomic E-state index is 0.264. The monoisotopic (exact) mass is 358 g/mol. The average Bonchev–Trinajstić information content (AvgIpc) is 2.67. The van der Waals surface area contributed by atoms with Gasteiger partial charge in [0.1, 0.15) is 11.5 Å². The number of anilines is 1. The minimum Gasteiger partial charge on any atom is -0.497 e. The van der Waals surface area contributed by atoms with Gasteiger partial charge in [-0.3, -0.25) is 0 Å². The summed E-state index contributed by atoms with van der Waals surface area (Å²) in [7, 11) is 3.20. The normalized spacial score (nSPS) is 11.1. The van der Waals surface area contributed by atoms with Crippen molar-refractivity contribution < 1.29 is 14.2 Å². The topological polar surface area (TPSA) is 91.0 Å². The highest BCUT2D eigenvalue weighted by Crippen LogP contribution is 2.28. The van der Waals surface area contributed by atoms with Gasteiger partial charge >= 0.3 is 0 Å². The van der Waals surface area contributed by atoms with Crippen LogP contribution in [0, 0.1) is 0 Å². The van der Waals surface area contributed by atoms with Crippen molar-refractivity contribution in [3.63, 3.8) is 0 Å². The molecule has 0 fully saturated rings. The molecule has 3 N–H and O–H groups in total. The first-order valence-electron chi connectivity index (χ1n) is 8.53. The summed E-state index contributed by atoms with van der Waals surface area (Å²) in [4.78, 5) is 8.65. The number of aromatic nitrogens is 1. The van der Waals surface area contributed by atoms with Crippen LogP contribution in [0.3, 0.4) is 0 Å². The molecule has 7 nitrogen and oxygen atoms in total. The molecule has 0 aliphatic rings. The summed E-state index contributed by atoms with van der Waals surface area (Å²) >= 11 is 0. The molecule has 0 atom stereocenters. The lowest BCUT2D eigenvalue weighted by Gasteiger charge is -2.12. The molecule has 0 aliphatic heterocycles. The van der Waals surface area contributed by atoms with E-state index in [-0.39, 0.29) is 5.96 Å². The SMILES string of the molecule is CCCCOc1ncccc1CN=C(N)Nc1cc(OC)ccc1OC. The highest BCUT2D eigenvalue weighted by atomic mass is 16.5. The Balaban J connectivity index is 2.07. The molecule has 2 aromatic rings. The van der Waals surface area contributed by atoms with Gasteiger partial charge in [-0.25, -0.2) is 9.98 Å². The number of hydrogen-bond donors (Lipinski definition) is 2. The van der Waals surface area contributed by atoms with Crippen molar-refractivity contribution in [2.45, 2.75) is 26.3 Å². The van der Waals surface area contributed by atoms with Crippen LogP contribution >= 0.6 is 0 Å². The van der Waals surface area contributed by atoms with E-state index >= 15 is 0 Å². The van der Waals surface area contributed by atoms with Crippen molar-refractivity contribution in [1.82, 2.24) is 4.98 Å². The number of unbranched alkanes of at least 4 members (excludes halogenated alkanes) is 1. The zero-order valence-electron chi connectivity index (χ0n) is 15.5. The number of nitrogens with zero attached hydrogens (tertiary/aromatic N) is 2. The molecule has 7 heteroatoms. The zero-order valence-corrected chi connectivity index (χ0v) is 15.5.